The number of carbonyl (C=O) groups excluding carboxylic acids is 1. The Morgan fingerprint density at radius 2 is 1.67 bits per heavy atom. The first-order chi connectivity index (χ1) is 14.4. The third-order valence-electron chi connectivity index (χ3n) is 4.34. The van der Waals surface area contributed by atoms with E-state index in [1.54, 1.807) is 60.7 Å². The Balaban J connectivity index is 1.73. The highest BCUT2D eigenvalue weighted by molar-refractivity contribution is 9.10. The van der Waals surface area contributed by atoms with Gasteiger partial charge in [-0.1, -0.05) is 51.4 Å². The maximum atomic E-state index is 13.4. The fourth-order valence-corrected chi connectivity index (χ4v) is 5.87. The zero-order valence-corrected chi connectivity index (χ0v) is 19.3. The number of thioether (sulfide) groups is 1. The van der Waals surface area contributed by atoms with Gasteiger partial charge in [0, 0.05) is 15.1 Å². The van der Waals surface area contributed by atoms with Crippen LogP contribution in [-0.2, 0) is 10.0 Å². The number of ketones is 1. The average Bonchev–Trinajstić information content (AvgIpc) is 3.12. The summed E-state index contributed by atoms with van der Waals surface area (Å²) in [5.74, 6) is -0.0998. The first kappa shape index (κ1) is 21.1. The van der Waals surface area contributed by atoms with Crippen LogP contribution in [0.5, 0.6) is 0 Å². The Bertz CT molecular complexity index is 1340. The molecule has 0 aliphatic heterocycles. The van der Waals surface area contributed by atoms with Crippen LogP contribution in [0.3, 0.4) is 0 Å². The van der Waals surface area contributed by atoms with Crippen molar-refractivity contribution in [2.24, 2.45) is 0 Å². The van der Waals surface area contributed by atoms with Gasteiger partial charge in [0.15, 0.2) is 10.9 Å². The lowest BCUT2D eigenvalue weighted by Crippen LogP contribution is -2.15. The Labute approximate surface area is 191 Å². The van der Waals surface area contributed by atoms with Crippen LogP contribution >= 0.6 is 39.3 Å². The van der Waals surface area contributed by atoms with Crippen LogP contribution in [0.15, 0.2) is 87.3 Å². The molecule has 3 aromatic carbocycles. The molecule has 0 N–H and O–H groups in total. The van der Waals surface area contributed by atoms with Gasteiger partial charge in [0.1, 0.15) is 0 Å². The molecule has 0 spiro atoms. The number of benzene rings is 3. The molecule has 0 unspecified atom stereocenters. The Morgan fingerprint density at radius 1 is 1.00 bits per heavy atom. The third-order valence-corrected chi connectivity index (χ3v) is 7.89. The SMILES string of the molecule is O=C(CSc1nc2ccccc2n1S(=O)(=O)c1ccc(Br)cc1)c1ccc(Cl)cc1. The molecular formula is C21H14BrClN2O3S2. The second kappa shape index (κ2) is 8.55. The Hall–Kier alpha value is -2.13. The fraction of sp³-hybridized carbons (Fsp3) is 0.0476. The third kappa shape index (κ3) is 4.18. The molecular weight excluding hydrogens is 508 g/mol. The number of fused-ring (bicyclic) bond motifs is 1. The minimum absolute atomic E-state index is 0.0425. The molecule has 30 heavy (non-hydrogen) atoms. The molecule has 1 heterocycles. The Kier molecular flexibility index (Phi) is 6.02. The number of rotatable bonds is 6. The second-order valence-electron chi connectivity index (χ2n) is 6.33. The molecule has 0 saturated heterocycles. The van der Waals surface area contributed by atoms with Crippen LogP contribution < -0.4 is 0 Å². The molecule has 9 heteroatoms. The number of para-hydroxylation sites is 2. The van der Waals surface area contributed by atoms with E-state index >= 15 is 0 Å². The van der Waals surface area contributed by atoms with Gasteiger partial charge in [-0.2, -0.15) is 0 Å². The summed E-state index contributed by atoms with van der Waals surface area (Å²) in [6.45, 7) is 0. The molecule has 152 valence electrons. The molecule has 4 aromatic rings. The van der Waals surface area contributed by atoms with Gasteiger partial charge < -0.3 is 0 Å². The number of halogens is 2. The zero-order valence-electron chi connectivity index (χ0n) is 15.3. The van der Waals surface area contributed by atoms with Crippen molar-refractivity contribution >= 4 is 66.1 Å². The lowest BCUT2D eigenvalue weighted by molar-refractivity contribution is 0.102. The molecule has 0 radical (unpaired) electrons. The molecule has 0 saturated carbocycles. The van der Waals surface area contributed by atoms with E-state index in [9.17, 15) is 13.2 Å². The van der Waals surface area contributed by atoms with Gasteiger partial charge in [0.25, 0.3) is 10.0 Å². The van der Waals surface area contributed by atoms with Crippen LogP contribution in [0.1, 0.15) is 10.4 Å². The van der Waals surface area contributed by atoms with E-state index in [2.05, 4.69) is 20.9 Å². The van der Waals surface area contributed by atoms with Crippen LogP contribution in [0.4, 0.5) is 0 Å². The van der Waals surface area contributed by atoms with E-state index in [4.69, 9.17) is 11.6 Å². The molecule has 5 nitrogen and oxygen atoms in total. The average molecular weight is 522 g/mol. The summed E-state index contributed by atoms with van der Waals surface area (Å²) in [5, 5.41) is 0.781. The molecule has 1 aromatic heterocycles. The van der Waals surface area contributed by atoms with Crippen LogP contribution in [0.25, 0.3) is 11.0 Å². The summed E-state index contributed by atoms with van der Waals surface area (Å²) in [7, 11) is -3.90. The summed E-state index contributed by atoms with van der Waals surface area (Å²) >= 11 is 10.3. The zero-order chi connectivity index (χ0) is 21.3. The minimum atomic E-state index is -3.90. The van der Waals surface area contributed by atoms with Gasteiger partial charge in [0.05, 0.1) is 21.7 Å². The monoisotopic (exact) mass is 520 g/mol. The second-order valence-corrected chi connectivity index (χ2v) is 10.4. The van der Waals surface area contributed by atoms with Crippen molar-refractivity contribution < 1.29 is 13.2 Å². The van der Waals surface area contributed by atoms with Gasteiger partial charge in [-0.05, 0) is 60.7 Å². The standard InChI is InChI=1S/C21H14BrClN2O3S2/c22-15-7-11-17(12-8-15)30(27,28)25-19-4-2-1-3-18(19)24-21(25)29-13-20(26)14-5-9-16(23)10-6-14/h1-12H,13H2. The molecule has 0 aliphatic carbocycles. The predicted molar refractivity (Wildman–Crippen MR) is 123 cm³/mol. The number of imidazole rings is 1. The number of aromatic nitrogens is 2. The lowest BCUT2D eigenvalue weighted by atomic mass is 10.1. The van der Waals surface area contributed by atoms with Gasteiger partial charge in [0.2, 0.25) is 0 Å². The van der Waals surface area contributed by atoms with E-state index in [0.29, 0.717) is 21.6 Å². The van der Waals surface area contributed by atoms with Crippen molar-refractivity contribution in [3.63, 3.8) is 0 Å². The maximum Gasteiger partial charge on any atom is 0.270 e. The number of hydrogen-bond donors (Lipinski definition) is 0. The summed E-state index contributed by atoms with van der Waals surface area (Å²) in [5.41, 5.74) is 1.51. The van der Waals surface area contributed by atoms with E-state index in [1.807, 2.05) is 0 Å². The molecule has 0 amide bonds. The number of nitrogens with zero attached hydrogens (tertiary/aromatic N) is 2. The van der Waals surface area contributed by atoms with Crippen molar-refractivity contribution in [2.45, 2.75) is 10.1 Å². The molecule has 0 aliphatic rings. The van der Waals surface area contributed by atoms with Crippen molar-refractivity contribution in [1.82, 2.24) is 8.96 Å². The van der Waals surface area contributed by atoms with Crippen molar-refractivity contribution in [3.05, 3.63) is 87.9 Å². The largest absolute Gasteiger partial charge is 0.293 e. The highest BCUT2D eigenvalue weighted by atomic mass is 79.9. The summed E-state index contributed by atoms with van der Waals surface area (Å²) in [4.78, 5) is 17.2. The predicted octanol–water partition coefficient (Wildman–Crippen LogP) is 5.66. The van der Waals surface area contributed by atoms with Gasteiger partial charge >= 0.3 is 0 Å². The molecule has 0 atom stereocenters. The van der Waals surface area contributed by atoms with Crippen LogP contribution in [0, 0.1) is 0 Å². The van der Waals surface area contributed by atoms with Gasteiger partial charge in [-0.3, -0.25) is 4.79 Å². The minimum Gasteiger partial charge on any atom is -0.293 e. The molecule has 4 rings (SSSR count). The fourth-order valence-electron chi connectivity index (χ4n) is 2.87. The van der Waals surface area contributed by atoms with Crippen molar-refractivity contribution in [3.8, 4) is 0 Å². The van der Waals surface area contributed by atoms with Crippen LogP contribution in [-0.4, -0.2) is 28.9 Å². The van der Waals surface area contributed by atoms with Crippen LogP contribution in [0.2, 0.25) is 5.02 Å². The summed E-state index contributed by atoms with van der Waals surface area (Å²) in [6, 6.07) is 20.0. The van der Waals surface area contributed by atoms with E-state index in [1.165, 1.54) is 16.1 Å². The summed E-state index contributed by atoms with van der Waals surface area (Å²) < 4.78 is 28.8. The number of Topliss-reactive ketones (excluding diaryl/α,β-unsaturated/α-hetero) is 1. The van der Waals surface area contributed by atoms with E-state index in [-0.39, 0.29) is 21.6 Å². The maximum absolute atomic E-state index is 13.4. The normalized spacial score (nSPS) is 11.7. The molecule has 0 bridgehead atoms. The topological polar surface area (TPSA) is 69.0 Å². The summed E-state index contributed by atoms with van der Waals surface area (Å²) in [6.07, 6.45) is 0. The molecule has 0 fully saturated rings. The quantitative estimate of drug-likeness (QED) is 0.242. The first-order valence-electron chi connectivity index (χ1n) is 8.76. The highest BCUT2D eigenvalue weighted by Gasteiger charge is 2.25. The smallest absolute Gasteiger partial charge is 0.270 e. The number of hydrogen-bond acceptors (Lipinski definition) is 5. The van der Waals surface area contributed by atoms with E-state index < -0.39 is 10.0 Å². The van der Waals surface area contributed by atoms with Crippen molar-refractivity contribution in [1.29, 1.82) is 0 Å². The number of carbonyl (C=O) groups is 1. The highest BCUT2D eigenvalue weighted by Crippen LogP contribution is 2.30. The van der Waals surface area contributed by atoms with Gasteiger partial charge in [-0.15, -0.1) is 0 Å². The first-order valence-corrected chi connectivity index (χ1v) is 12.4. The Morgan fingerprint density at radius 3 is 2.37 bits per heavy atom. The van der Waals surface area contributed by atoms with Crippen molar-refractivity contribution in [2.75, 3.05) is 5.75 Å². The lowest BCUT2D eigenvalue weighted by Gasteiger charge is -2.10. The van der Waals surface area contributed by atoms with Gasteiger partial charge in [-0.25, -0.2) is 17.4 Å². The van der Waals surface area contributed by atoms with E-state index in [0.717, 1.165) is 16.2 Å².